The molecule has 0 aliphatic carbocycles. The first kappa shape index (κ1) is 16.3. The van der Waals surface area contributed by atoms with Gasteiger partial charge in [0.15, 0.2) is 0 Å². The standard InChI is InChI=1S/C12H24O4Si/c1-6-7-9-17(14-4,15-5)10-8-16-12(13)11(2)3/h2,6-10H2,1,3-5H3. The third-order valence-electron chi connectivity index (χ3n) is 2.72. The predicted octanol–water partition coefficient (Wildman–Crippen LogP) is 2.64. The van der Waals surface area contributed by atoms with Gasteiger partial charge in [0.05, 0.1) is 6.61 Å². The van der Waals surface area contributed by atoms with Crippen LogP contribution in [0.15, 0.2) is 12.2 Å². The SMILES string of the molecule is C=C(C)C(=O)OCC[Si](CCCC)(OC)OC. The van der Waals surface area contributed by atoms with E-state index in [9.17, 15) is 4.79 Å². The molecule has 0 bridgehead atoms. The summed E-state index contributed by atoms with van der Waals surface area (Å²) in [6.45, 7) is 7.64. The number of ether oxygens (including phenoxy) is 1. The summed E-state index contributed by atoms with van der Waals surface area (Å²) in [4.78, 5) is 11.2. The van der Waals surface area contributed by atoms with E-state index in [1.54, 1.807) is 21.1 Å². The van der Waals surface area contributed by atoms with Crippen molar-refractivity contribution in [2.45, 2.75) is 38.8 Å². The van der Waals surface area contributed by atoms with Crippen molar-refractivity contribution in [2.75, 3.05) is 20.8 Å². The van der Waals surface area contributed by atoms with Crippen molar-refractivity contribution in [3.8, 4) is 0 Å². The zero-order chi connectivity index (χ0) is 13.3. The normalized spacial score (nSPS) is 11.3. The fourth-order valence-corrected chi connectivity index (χ4v) is 4.02. The lowest BCUT2D eigenvalue weighted by Gasteiger charge is -2.27. The van der Waals surface area contributed by atoms with Gasteiger partial charge in [0.2, 0.25) is 0 Å². The summed E-state index contributed by atoms with van der Waals surface area (Å²) < 4.78 is 16.1. The number of hydrogen-bond acceptors (Lipinski definition) is 4. The first-order valence-electron chi connectivity index (χ1n) is 5.94. The summed E-state index contributed by atoms with van der Waals surface area (Å²) in [5, 5.41) is 0. The lowest BCUT2D eigenvalue weighted by Crippen LogP contribution is -2.41. The van der Waals surface area contributed by atoms with E-state index in [0.29, 0.717) is 18.2 Å². The maximum Gasteiger partial charge on any atom is 0.341 e. The molecule has 0 amide bonds. The third kappa shape index (κ3) is 6.00. The average molecular weight is 260 g/mol. The van der Waals surface area contributed by atoms with Gasteiger partial charge in [-0.1, -0.05) is 26.3 Å². The smallest absolute Gasteiger partial charge is 0.341 e. The molecule has 0 heterocycles. The summed E-state index contributed by atoms with van der Waals surface area (Å²) in [6, 6.07) is 1.60. The Bertz CT molecular complexity index is 249. The summed E-state index contributed by atoms with van der Waals surface area (Å²) >= 11 is 0. The maximum atomic E-state index is 11.2. The summed E-state index contributed by atoms with van der Waals surface area (Å²) in [6.07, 6.45) is 2.18. The van der Waals surface area contributed by atoms with Gasteiger partial charge >= 0.3 is 14.5 Å². The van der Waals surface area contributed by atoms with Crippen LogP contribution in [0.5, 0.6) is 0 Å². The highest BCUT2D eigenvalue weighted by Gasteiger charge is 2.34. The van der Waals surface area contributed by atoms with E-state index >= 15 is 0 Å². The Morgan fingerprint density at radius 3 is 2.24 bits per heavy atom. The molecule has 4 nitrogen and oxygen atoms in total. The van der Waals surface area contributed by atoms with Crippen LogP contribution < -0.4 is 0 Å². The molecule has 0 aliphatic heterocycles. The van der Waals surface area contributed by atoms with Crippen LogP contribution in [0, 0.1) is 0 Å². The highest BCUT2D eigenvalue weighted by atomic mass is 28.4. The Morgan fingerprint density at radius 2 is 1.82 bits per heavy atom. The predicted molar refractivity (Wildman–Crippen MR) is 70.1 cm³/mol. The van der Waals surface area contributed by atoms with E-state index < -0.39 is 8.56 Å². The van der Waals surface area contributed by atoms with Gasteiger partial charge in [-0.05, 0) is 13.0 Å². The van der Waals surface area contributed by atoms with E-state index in [1.807, 2.05) is 0 Å². The second-order valence-corrected chi connectivity index (χ2v) is 7.73. The largest absolute Gasteiger partial charge is 0.462 e. The molecule has 0 aromatic heterocycles. The van der Waals surface area contributed by atoms with E-state index in [-0.39, 0.29) is 5.97 Å². The van der Waals surface area contributed by atoms with Crippen LogP contribution in [0.3, 0.4) is 0 Å². The van der Waals surface area contributed by atoms with Crippen molar-refractivity contribution >= 4 is 14.5 Å². The Hall–Kier alpha value is -0.653. The maximum absolute atomic E-state index is 11.2. The Labute approximate surface area is 105 Å². The van der Waals surface area contributed by atoms with E-state index in [0.717, 1.165) is 18.9 Å². The average Bonchev–Trinajstić information content (AvgIpc) is 2.33. The zero-order valence-electron chi connectivity index (χ0n) is 11.4. The molecule has 0 N–H and O–H groups in total. The lowest BCUT2D eigenvalue weighted by atomic mass is 10.4. The Morgan fingerprint density at radius 1 is 1.24 bits per heavy atom. The number of unbranched alkanes of at least 4 members (excludes halogenated alkanes) is 1. The molecule has 0 spiro atoms. The van der Waals surface area contributed by atoms with Crippen LogP contribution in [-0.2, 0) is 18.4 Å². The van der Waals surface area contributed by atoms with E-state index in [1.165, 1.54) is 0 Å². The van der Waals surface area contributed by atoms with Gasteiger partial charge in [0.1, 0.15) is 0 Å². The summed E-state index contributed by atoms with van der Waals surface area (Å²) in [5.41, 5.74) is 0.417. The summed E-state index contributed by atoms with van der Waals surface area (Å²) in [7, 11) is 1.17. The van der Waals surface area contributed by atoms with Crippen LogP contribution >= 0.6 is 0 Å². The zero-order valence-corrected chi connectivity index (χ0v) is 12.4. The van der Waals surface area contributed by atoms with Gasteiger partial charge < -0.3 is 13.6 Å². The van der Waals surface area contributed by atoms with Crippen LogP contribution in [0.1, 0.15) is 26.7 Å². The van der Waals surface area contributed by atoms with Crippen molar-refractivity contribution in [1.82, 2.24) is 0 Å². The molecule has 17 heavy (non-hydrogen) atoms. The molecule has 100 valence electrons. The number of esters is 1. The second-order valence-electron chi connectivity index (χ2n) is 4.09. The van der Waals surface area contributed by atoms with Crippen LogP contribution in [0.4, 0.5) is 0 Å². The highest BCUT2D eigenvalue weighted by molar-refractivity contribution is 6.67. The van der Waals surface area contributed by atoms with Crippen molar-refractivity contribution < 1.29 is 18.4 Å². The van der Waals surface area contributed by atoms with Crippen LogP contribution in [0.25, 0.3) is 0 Å². The molecule has 0 atom stereocenters. The molecular weight excluding hydrogens is 236 g/mol. The molecule has 0 aromatic rings. The minimum absolute atomic E-state index is 0.337. The van der Waals surface area contributed by atoms with Gasteiger partial charge in [-0.25, -0.2) is 4.79 Å². The van der Waals surface area contributed by atoms with Crippen molar-refractivity contribution in [1.29, 1.82) is 0 Å². The van der Waals surface area contributed by atoms with Gasteiger partial charge in [-0.3, -0.25) is 0 Å². The lowest BCUT2D eigenvalue weighted by molar-refractivity contribution is -0.138. The van der Waals surface area contributed by atoms with Gasteiger partial charge in [-0.2, -0.15) is 0 Å². The molecule has 0 unspecified atom stereocenters. The van der Waals surface area contributed by atoms with Crippen molar-refractivity contribution in [3.05, 3.63) is 12.2 Å². The fraction of sp³-hybridized carbons (Fsp3) is 0.750. The quantitative estimate of drug-likeness (QED) is 0.363. The topological polar surface area (TPSA) is 44.8 Å². The van der Waals surface area contributed by atoms with E-state index in [2.05, 4.69) is 13.5 Å². The Balaban J connectivity index is 4.16. The number of hydrogen-bond donors (Lipinski definition) is 0. The van der Waals surface area contributed by atoms with Crippen molar-refractivity contribution in [3.63, 3.8) is 0 Å². The molecule has 0 aromatic carbocycles. The van der Waals surface area contributed by atoms with Crippen LogP contribution in [0.2, 0.25) is 12.1 Å². The minimum atomic E-state index is -2.17. The molecule has 0 radical (unpaired) electrons. The van der Waals surface area contributed by atoms with E-state index in [4.69, 9.17) is 13.6 Å². The Kier molecular flexibility index (Phi) is 8.12. The van der Waals surface area contributed by atoms with Gasteiger partial charge in [0, 0.05) is 25.8 Å². The first-order chi connectivity index (χ1) is 8.01. The number of rotatable bonds is 9. The molecule has 0 fully saturated rings. The highest BCUT2D eigenvalue weighted by Crippen LogP contribution is 2.20. The molecule has 0 aliphatic rings. The minimum Gasteiger partial charge on any atom is -0.462 e. The monoisotopic (exact) mass is 260 g/mol. The number of carbonyl (C=O) groups is 1. The molecule has 0 saturated heterocycles. The first-order valence-corrected chi connectivity index (χ1v) is 8.17. The molecule has 5 heteroatoms. The van der Waals surface area contributed by atoms with Gasteiger partial charge in [-0.15, -0.1) is 0 Å². The third-order valence-corrected chi connectivity index (χ3v) is 6.29. The summed E-state index contributed by atoms with van der Waals surface area (Å²) in [5.74, 6) is -0.351. The molecule has 0 saturated carbocycles. The second kappa shape index (κ2) is 8.44. The van der Waals surface area contributed by atoms with Gasteiger partial charge in [0.25, 0.3) is 0 Å². The van der Waals surface area contributed by atoms with Crippen molar-refractivity contribution in [2.24, 2.45) is 0 Å². The molecule has 0 rings (SSSR count). The van der Waals surface area contributed by atoms with Crippen LogP contribution in [-0.4, -0.2) is 35.4 Å². The fourth-order valence-electron chi connectivity index (χ4n) is 1.49. The molecular formula is C12H24O4Si. The number of carbonyl (C=O) groups excluding carboxylic acids is 1.